The van der Waals surface area contributed by atoms with Crippen LogP contribution < -0.4 is 10.0 Å². The third kappa shape index (κ3) is 2.92. The lowest BCUT2D eigenvalue weighted by Gasteiger charge is -2.12. The summed E-state index contributed by atoms with van der Waals surface area (Å²) >= 11 is 0. The van der Waals surface area contributed by atoms with Gasteiger partial charge in [0.25, 0.3) is 15.9 Å². The molecule has 3 aromatic rings. The molecule has 9 heteroatoms. The van der Waals surface area contributed by atoms with Crippen molar-refractivity contribution in [3.05, 3.63) is 60.2 Å². The molecule has 0 aliphatic carbocycles. The highest BCUT2D eigenvalue weighted by atomic mass is 32.2. The van der Waals surface area contributed by atoms with E-state index >= 15 is 0 Å². The van der Waals surface area contributed by atoms with Crippen LogP contribution in [0.5, 0.6) is 0 Å². The first-order valence-corrected chi connectivity index (χ1v) is 11.6. The average Bonchev–Trinajstić information content (AvgIpc) is 2.99. The lowest BCUT2D eigenvalue weighted by Crippen LogP contribution is -2.13. The summed E-state index contributed by atoms with van der Waals surface area (Å²) < 4.78 is 52.1. The Morgan fingerprint density at radius 1 is 0.929 bits per heavy atom. The lowest BCUT2D eigenvalue weighted by molar-refractivity contribution is 0.103. The van der Waals surface area contributed by atoms with Crippen LogP contribution in [0.25, 0.3) is 10.8 Å². The van der Waals surface area contributed by atoms with Crippen molar-refractivity contribution in [3.63, 3.8) is 0 Å². The zero-order valence-electron chi connectivity index (χ0n) is 14.8. The van der Waals surface area contributed by atoms with Crippen molar-refractivity contribution >= 4 is 47.9 Å². The number of nitrogens with one attached hydrogen (secondary N) is 2. The maximum absolute atomic E-state index is 12.9. The largest absolute Gasteiger partial charge is 0.321 e. The first-order valence-electron chi connectivity index (χ1n) is 8.46. The van der Waals surface area contributed by atoms with Crippen molar-refractivity contribution in [2.45, 2.75) is 16.7 Å². The van der Waals surface area contributed by atoms with Crippen LogP contribution in [0.4, 0.5) is 11.4 Å². The summed E-state index contributed by atoms with van der Waals surface area (Å²) in [6.45, 7) is 1.54. The predicted octanol–water partition coefficient (Wildman–Crippen LogP) is 3.00. The zero-order valence-corrected chi connectivity index (χ0v) is 16.4. The van der Waals surface area contributed by atoms with E-state index in [1.54, 1.807) is 31.2 Å². The SMILES string of the molecule is CCS(=O)(=O)c1ccc(NS(=O)(=O)c2ccc3c4c(cccc24)C(=O)N3)cc1. The summed E-state index contributed by atoms with van der Waals surface area (Å²) in [6, 6.07) is 13.5. The van der Waals surface area contributed by atoms with E-state index in [1.165, 1.54) is 30.3 Å². The first-order chi connectivity index (χ1) is 13.2. The first kappa shape index (κ1) is 18.5. The van der Waals surface area contributed by atoms with Crippen LogP contribution in [0.2, 0.25) is 0 Å². The van der Waals surface area contributed by atoms with Crippen LogP contribution in [-0.4, -0.2) is 28.5 Å². The predicted molar refractivity (Wildman–Crippen MR) is 107 cm³/mol. The van der Waals surface area contributed by atoms with Gasteiger partial charge in [0.05, 0.1) is 15.5 Å². The monoisotopic (exact) mass is 416 g/mol. The van der Waals surface area contributed by atoms with Gasteiger partial charge in [0.2, 0.25) is 0 Å². The number of carbonyl (C=O) groups is 1. The molecule has 0 radical (unpaired) electrons. The van der Waals surface area contributed by atoms with E-state index in [0.717, 1.165) is 0 Å². The van der Waals surface area contributed by atoms with E-state index in [1.807, 2.05) is 0 Å². The number of sulfone groups is 1. The Balaban J connectivity index is 1.75. The van der Waals surface area contributed by atoms with Gasteiger partial charge in [-0.15, -0.1) is 0 Å². The summed E-state index contributed by atoms with van der Waals surface area (Å²) in [5, 5.41) is 3.72. The molecular formula is C19H16N2O5S2. The van der Waals surface area contributed by atoms with Gasteiger partial charge in [-0.1, -0.05) is 19.1 Å². The number of hydrogen-bond acceptors (Lipinski definition) is 5. The number of amides is 1. The third-order valence-corrected chi connectivity index (χ3v) is 7.82. The molecule has 2 N–H and O–H groups in total. The quantitative estimate of drug-likeness (QED) is 0.664. The van der Waals surface area contributed by atoms with Gasteiger partial charge in [-0.2, -0.15) is 0 Å². The number of benzene rings is 3. The molecule has 1 heterocycles. The van der Waals surface area contributed by atoms with Crippen molar-refractivity contribution in [3.8, 4) is 0 Å². The van der Waals surface area contributed by atoms with Crippen molar-refractivity contribution in [2.24, 2.45) is 0 Å². The molecule has 28 heavy (non-hydrogen) atoms. The van der Waals surface area contributed by atoms with Crippen LogP contribution >= 0.6 is 0 Å². The Bertz CT molecular complexity index is 1330. The standard InChI is InChI=1S/C19H16N2O5S2/c1-2-27(23,24)13-8-6-12(7-9-13)21-28(25,26)17-11-10-16-18-14(17)4-3-5-15(18)19(22)20-16/h3-11,21H,2H2,1H3,(H,20,22). The fourth-order valence-corrected chi connectivity index (χ4v) is 5.35. The highest BCUT2D eigenvalue weighted by molar-refractivity contribution is 7.93. The Labute approximate surface area is 162 Å². The second kappa shape index (κ2) is 6.32. The Kier molecular flexibility index (Phi) is 4.16. The molecule has 0 saturated heterocycles. The minimum atomic E-state index is -3.96. The molecule has 4 rings (SSSR count). The Morgan fingerprint density at radius 3 is 2.32 bits per heavy atom. The fourth-order valence-electron chi connectivity index (χ4n) is 3.20. The van der Waals surface area contributed by atoms with E-state index in [9.17, 15) is 21.6 Å². The number of anilines is 2. The number of hydrogen-bond donors (Lipinski definition) is 2. The molecule has 0 atom stereocenters. The fraction of sp³-hybridized carbons (Fsp3) is 0.105. The molecule has 144 valence electrons. The summed E-state index contributed by atoms with van der Waals surface area (Å²) in [5.41, 5.74) is 1.25. The molecule has 0 aromatic heterocycles. The molecule has 0 unspecified atom stereocenters. The number of rotatable bonds is 5. The van der Waals surface area contributed by atoms with Crippen molar-refractivity contribution in [1.82, 2.24) is 0 Å². The van der Waals surface area contributed by atoms with Crippen molar-refractivity contribution < 1.29 is 21.6 Å². The second-order valence-electron chi connectivity index (χ2n) is 6.33. The summed E-state index contributed by atoms with van der Waals surface area (Å²) in [7, 11) is -7.32. The smallest absolute Gasteiger partial charge is 0.262 e. The van der Waals surface area contributed by atoms with Crippen molar-refractivity contribution in [1.29, 1.82) is 0 Å². The summed E-state index contributed by atoms with van der Waals surface area (Å²) in [5.74, 6) is -0.304. The van der Waals surface area contributed by atoms with E-state index in [2.05, 4.69) is 10.0 Å². The van der Waals surface area contributed by atoms with Crippen LogP contribution in [0.3, 0.4) is 0 Å². The molecule has 0 bridgehead atoms. The van der Waals surface area contributed by atoms with Gasteiger partial charge in [0.15, 0.2) is 9.84 Å². The Hall–Kier alpha value is -2.91. The average molecular weight is 416 g/mol. The molecular weight excluding hydrogens is 400 g/mol. The van der Waals surface area contributed by atoms with Crippen LogP contribution in [0.1, 0.15) is 17.3 Å². The molecule has 3 aromatic carbocycles. The molecule has 0 fully saturated rings. The van der Waals surface area contributed by atoms with Gasteiger partial charge in [-0.05, 0) is 42.5 Å². The zero-order chi connectivity index (χ0) is 20.1. The lowest BCUT2D eigenvalue weighted by atomic mass is 10.1. The van der Waals surface area contributed by atoms with Gasteiger partial charge >= 0.3 is 0 Å². The summed E-state index contributed by atoms with van der Waals surface area (Å²) in [4.78, 5) is 12.2. The highest BCUT2D eigenvalue weighted by Crippen LogP contribution is 2.37. The van der Waals surface area contributed by atoms with Crippen LogP contribution in [0.15, 0.2) is 64.4 Å². The second-order valence-corrected chi connectivity index (χ2v) is 10.3. The van der Waals surface area contributed by atoms with Gasteiger partial charge in [0, 0.05) is 27.7 Å². The van der Waals surface area contributed by atoms with Gasteiger partial charge in [0.1, 0.15) is 0 Å². The van der Waals surface area contributed by atoms with Gasteiger partial charge in [-0.3, -0.25) is 9.52 Å². The molecule has 1 amide bonds. The molecule has 1 aliphatic rings. The highest BCUT2D eigenvalue weighted by Gasteiger charge is 2.26. The number of carbonyl (C=O) groups excluding carboxylic acids is 1. The van der Waals surface area contributed by atoms with Crippen molar-refractivity contribution in [2.75, 3.05) is 15.8 Å². The third-order valence-electron chi connectivity index (χ3n) is 4.63. The topological polar surface area (TPSA) is 109 Å². The van der Waals surface area contributed by atoms with Gasteiger partial charge in [-0.25, -0.2) is 16.8 Å². The molecule has 7 nitrogen and oxygen atoms in total. The number of sulfonamides is 1. The van der Waals surface area contributed by atoms with E-state index in [0.29, 0.717) is 22.0 Å². The minimum absolute atomic E-state index is 0.0362. The normalized spacial score (nSPS) is 13.5. The molecule has 1 aliphatic heterocycles. The molecule has 0 saturated carbocycles. The van der Waals surface area contributed by atoms with Crippen LogP contribution in [0, 0.1) is 0 Å². The van der Waals surface area contributed by atoms with E-state index in [-0.39, 0.29) is 27.1 Å². The van der Waals surface area contributed by atoms with E-state index in [4.69, 9.17) is 0 Å². The van der Waals surface area contributed by atoms with E-state index < -0.39 is 19.9 Å². The Morgan fingerprint density at radius 2 is 1.64 bits per heavy atom. The van der Waals surface area contributed by atoms with Crippen LogP contribution in [-0.2, 0) is 19.9 Å². The maximum atomic E-state index is 12.9. The molecule has 0 spiro atoms. The van der Waals surface area contributed by atoms with Gasteiger partial charge < -0.3 is 5.32 Å². The summed E-state index contributed by atoms with van der Waals surface area (Å²) in [6.07, 6.45) is 0. The minimum Gasteiger partial charge on any atom is -0.321 e. The maximum Gasteiger partial charge on any atom is 0.262 e.